The van der Waals surface area contributed by atoms with Gasteiger partial charge in [0.15, 0.2) is 0 Å². The van der Waals surface area contributed by atoms with Crippen LogP contribution in [0.5, 0.6) is 0 Å². The molecule has 1 saturated heterocycles. The van der Waals surface area contributed by atoms with Crippen molar-refractivity contribution in [3.8, 4) is 0 Å². The first-order chi connectivity index (χ1) is 7.07. The van der Waals surface area contributed by atoms with E-state index < -0.39 is 0 Å². The summed E-state index contributed by atoms with van der Waals surface area (Å²) in [5.74, 6) is 0.837. The first kappa shape index (κ1) is 12.9. The molecule has 3 heteroatoms. The second-order valence-corrected chi connectivity index (χ2v) is 5.62. The maximum absolute atomic E-state index is 9.22. The maximum Gasteiger partial charge on any atom is 0.0494 e. The second-order valence-electron chi connectivity index (χ2n) is 5.62. The zero-order valence-electron chi connectivity index (χ0n) is 10.2. The standard InChI is InChI=1S/C12H26N2O/c1-12(2,10-15)9-14-7-4-11(3-6-13)5-8-14/h11,15H,3-10,13H2,1-2H3. The van der Waals surface area contributed by atoms with Crippen LogP contribution in [-0.2, 0) is 0 Å². The van der Waals surface area contributed by atoms with Gasteiger partial charge in [-0.3, -0.25) is 0 Å². The molecule has 0 saturated carbocycles. The first-order valence-corrected chi connectivity index (χ1v) is 6.11. The van der Waals surface area contributed by atoms with E-state index in [0.717, 1.165) is 19.0 Å². The molecular formula is C12H26N2O. The Morgan fingerprint density at radius 2 is 1.93 bits per heavy atom. The van der Waals surface area contributed by atoms with Crippen molar-refractivity contribution in [2.75, 3.05) is 32.8 Å². The molecule has 1 heterocycles. The number of hydrogen-bond acceptors (Lipinski definition) is 3. The van der Waals surface area contributed by atoms with E-state index in [2.05, 4.69) is 18.7 Å². The van der Waals surface area contributed by atoms with Gasteiger partial charge in [-0.1, -0.05) is 13.8 Å². The van der Waals surface area contributed by atoms with Crippen LogP contribution in [0.2, 0.25) is 0 Å². The minimum atomic E-state index is 0.0424. The fourth-order valence-electron chi connectivity index (χ4n) is 2.32. The molecule has 0 bridgehead atoms. The Bertz CT molecular complexity index is 174. The predicted molar refractivity (Wildman–Crippen MR) is 63.7 cm³/mol. The number of piperidine rings is 1. The lowest BCUT2D eigenvalue weighted by Crippen LogP contribution is -2.41. The molecule has 0 unspecified atom stereocenters. The number of hydrogen-bond donors (Lipinski definition) is 2. The molecule has 1 aliphatic heterocycles. The zero-order valence-corrected chi connectivity index (χ0v) is 10.2. The highest BCUT2D eigenvalue weighted by molar-refractivity contribution is 4.78. The Kier molecular flexibility index (Phi) is 5.03. The highest BCUT2D eigenvalue weighted by Crippen LogP contribution is 2.23. The molecule has 1 rings (SSSR count). The Labute approximate surface area is 93.6 Å². The van der Waals surface area contributed by atoms with Gasteiger partial charge in [-0.2, -0.15) is 0 Å². The molecule has 90 valence electrons. The normalized spacial score (nSPS) is 20.8. The molecule has 0 aromatic rings. The molecule has 1 aliphatic rings. The topological polar surface area (TPSA) is 49.5 Å². The van der Waals surface area contributed by atoms with Crippen LogP contribution in [0, 0.1) is 11.3 Å². The van der Waals surface area contributed by atoms with Crippen LogP contribution in [0.4, 0.5) is 0 Å². The summed E-state index contributed by atoms with van der Waals surface area (Å²) in [5.41, 5.74) is 5.61. The minimum Gasteiger partial charge on any atom is -0.396 e. The predicted octanol–water partition coefficient (Wildman–Crippen LogP) is 1.07. The van der Waals surface area contributed by atoms with E-state index in [0.29, 0.717) is 0 Å². The highest BCUT2D eigenvalue weighted by Gasteiger charge is 2.24. The van der Waals surface area contributed by atoms with E-state index in [1.807, 2.05) is 0 Å². The lowest BCUT2D eigenvalue weighted by atomic mass is 9.90. The van der Waals surface area contributed by atoms with Gasteiger partial charge in [0.05, 0.1) is 0 Å². The summed E-state index contributed by atoms with van der Waals surface area (Å²) in [6.45, 7) is 8.71. The Hall–Kier alpha value is -0.120. The van der Waals surface area contributed by atoms with Crippen molar-refractivity contribution in [2.45, 2.75) is 33.1 Å². The third-order valence-corrected chi connectivity index (χ3v) is 3.36. The monoisotopic (exact) mass is 214 g/mol. The average Bonchev–Trinajstić information content (AvgIpc) is 2.21. The molecular weight excluding hydrogens is 188 g/mol. The summed E-state index contributed by atoms with van der Waals surface area (Å²) in [6, 6.07) is 0. The van der Waals surface area contributed by atoms with Gasteiger partial charge in [0.2, 0.25) is 0 Å². The lowest BCUT2D eigenvalue weighted by molar-refractivity contribution is 0.0806. The maximum atomic E-state index is 9.22. The van der Waals surface area contributed by atoms with Crippen molar-refractivity contribution in [3.63, 3.8) is 0 Å². The molecule has 0 aromatic carbocycles. The van der Waals surface area contributed by atoms with E-state index in [9.17, 15) is 5.11 Å². The summed E-state index contributed by atoms with van der Waals surface area (Å²) in [6.07, 6.45) is 3.73. The van der Waals surface area contributed by atoms with E-state index in [1.165, 1.54) is 32.4 Å². The van der Waals surface area contributed by atoms with Crippen LogP contribution in [-0.4, -0.2) is 42.8 Å². The molecule has 0 aromatic heterocycles. The molecule has 0 aliphatic carbocycles. The quantitative estimate of drug-likeness (QED) is 0.719. The number of nitrogens with zero attached hydrogens (tertiary/aromatic N) is 1. The fourth-order valence-corrected chi connectivity index (χ4v) is 2.32. The van der Waals surface area contributed by atoms with E-state index in [-0.39, 0.29) is 12.0 Å². The third kappa shape index (κ3) is 4.49. The van der Waals surface area contributed by atoms with E-state index >= 15 is 0 Å². The van der Waals surface area contributed by atoms with Crippen molar-refractivity contribution in [2.24, 2.45) is 17.1 Å². The molecule has 15 heavy (non-hydrogen) atoms. The van der Waals surface area contributed by atoms with E-state index in [1.54, 1.807) is 0 Å². The zero-order chi connectivity index (χ0) is 11.3. The minimum absolute atomic E-state index is 0.0424. The highest BCUT2D eigenvalue weighted by atomic mass is 16.3. The van der Waals surface area contributed by atoms with Crippen molar-refractivity contribution >= 4 is 0 Å². The van der Waals surface area contributed by atoms with E-state index in [4.69, 9.17) is 5.73 Å². The molecule has 3 nitrogen and oxygen atoms in total. The van der Waals surface area contributed by atoms with Gasteiger partial charge in [0.25, 0.3) is 0 Å². The molecule has 0 spiro atoms. The van der Waals surface area contributed by atoms with Crippen LogP contribution in [0.15, 0.2) is 0 Å². The van der Waals surface area contributed by atoms with Gasteiger partial charge in [0, 0.05) is 18.6 Å². The van der Waals surface area contributed by atoms with Gasteiger partial charge in [-0.05, 0) is 44.8 Å². The van der Waals surface area contributed by atoms with Crippen LogP contribution >= 0.6 is 0 Å². The Morgan fingerprint density at radius 1 is 1.33 bits per heavy atom. The van der Waals surface area contributed by atoms with Crippen LogP contribution in [0.1, 0.15) is 33.1 Å². The summed E-state index contributed by atoms with van der Waals surface area (Å²) < 4.78 is 0. The van der Waals surface area contributed by atoms with Gasteiger partial charge in [-0.15, -0.1) is 0 Å². The number of likely N-dealkylation sites (tertiary alicyclic amines) is 1. The van der Waals surface area contributed by atoms with Gasteiger partial charge in [0.1, 0.15) is 0 Å². The van der Waals surface area contributed by atoms with Crippen LogP contribution < -0.4 is 5.73 Å². The number of aliphatic hydroxyl groups is 1. The number of nitrogens with two attached hydrogens (primary N) is 1. The SMILES string of the molecule is CC(C)(CO)CN1CCC(CCN)CC1. The van der Waals surface area contributed by atoms with Crippen LogP contribution in [0.3, 0.4) is 0 Å². The average molecular weight is 214 g/mol. The Morgan fingerprint density at radius 3 is 2.40 bits per heavy atom. The van der Waals surface area contributed by atoms with Crippen molar-refractivity contribution in [1.29, 1.82) is 0 Å². The largest absolute Gasteiger partial charge is 0.396 e. The third-order valence-electron chi connectivity index (χ3n) is 3.36. The van der Waals surface area contributed by atoms with Crippen molar-refractivity contribution in [1.82, 2.24) is 4.90 Å². The second kappa shape index (κ2) is 5.83. The van der Waals surface area contributed by atoms with Crippen molar-refractivity contribution < 1.29 is 5.11 Å². The molecule has 0 radical (unpaired) electrons. The summed E-state index contributed by atoms with van der Waals surface area (Å²) in [7, 11) is 0. The van der Waals surface area contributed by atoms with Gasteiger partial charge in [-0.25, -0.2) is 0 Å². The first-order valence-electron chi connectivity index (χ1n) is 6.11. The number of aliphatic hydroxyl groups excluding tert-OH is 1. The Balaban J connectivity index is 2.25. The fraction of sp³-hybridized carbons (Fsp3) is 1.00. The number of rotatable bonds is 5. The lowest BCUT2D eigenvalue weighted by Gasteiger charge is -2.36. The smallest absolute Gasteiger partial charge is 0.0494 e. The molecule has 0 atom stereocenters. The molecule has 1 fully saturated rings. The summed E-state index contributed by atoms with van der Waals surface area (Å²) in [4.78, 5) is 2.48. The molecule has 3 N–H and O–H groups in total. The van der Waals surface area contributed by atoms with Crippen molar-refractivity contribution in [3.05, 3.63) is 0 Å². The van der Waals surface area contributed by atoms with Gasteiger partial charge < -0.3 is 15.7 Å². The van der Waals surface area contributed by atoms with Gasteiger partial charge >= 0.3 is 0 Å². The van der Waals surface area contributed by atoms with Crippen LogP contribution in [0.25, 0.3) is 0 Å². The molecule has 0 amide bonds. The summed E-state index contributed by atoms with van der Waals surface area (Å²) in [5, 5.41) is 9.22. The summed E-state index contributed by atoms with van der Waals surface area (Å²) >= 11 is 0.